The lowest BCUT2D eigenvalue weighted by Gasteiger charge is -2.12. The summed E-state index contributed by atoms with van der Waals surface area (Å²) in [6.45, 7) is 3.52. The molecule has 136 valence electrons. The fraction of sp³-hybridized carbons (Fsp3) is 0.600. The minimum absolute atomic E-state index is 0. The number of alkyl halides is 3. The lowest BCUT2D eigenvalue weighted by atomic mass is 10.3. The van der Waals surface area contributed by atoms with E-state index in [1.54, 1.807) is 7.05 Å². The van der Waals surface area contributed by atoms with E-state index >= 15 is 0 Å². The number of anilines is 1. The van der Waals surface area contributed by atoms with Crippen molar-refractivity contribution < 1.29 is 13.2 Å². The molecular formula is C15H23F3IN5. The number of halogens is 4. The van der Waals surface area contributed by atoms with Gasteiger partial charge in [-0.15, -0.1) is 24.0 Å². The number of pyridine rings is 1. The minimum atomic E-state index is -4.35. The van der Waals surface area contributed by atoms with Gasteiger partial charge in [0.2, 0.25) is 0 Å². The van der Waals surface area contributed by atoms with Gasteiger partial charge in [0.15, 0.2) is 5.96 Å². The van der Waals surface area contributed by atoms with E-state index in [0.717, 1.165) is 24.6 Å². The van der Waals surface area contributed by atoms with Gasteiger partial charge in [-0.3, -0.25) is 4.99 Å². The smallest absolute Gasteiger partial charge is 0.370 e. The van der Waals surface area contributed by atoms with Crippen molar-refractivity contribution in [1.82, 2.24) is 15.6 Å². The van der Waals surface area contributed by atoms with Crippen LogP contribution in [-0.2, 0) is 6.18 Å². The van der Waals surface area contributed by atoms with E-state index in [1.165, 1.54) is 12.5 Å². The summed E-state index contributed by atoms with van der Waals surface area (Å²) in [5, 5.41) is 9.52. The van der Waals surface area contributed by atoms with Gasteiger partial charge in [0, 0.05) is 32.4 Å². The maximum atomic E-state index is 12.4. The Morgan fingerprint density at radius 1 is 1.33 bits per heavy atom. The maximum Gasteiger partial charge on any atom is 0.417 e. The maximum absolute atomic E-state index is 12.4. The zero-order chi connectivity index (χ0) is 16.9. The van der Waals surface area contributed by atoms with Crippen molar-refractivity contribution in [3.63, 3.8) is 0 Å². The summed E-state index contributed by atoms with van der Waals surface area (Å²) < 4.78 is 37.2. The van der Waals surface area contributed by atoms with Gasteiger partial charge < -0.3 is 16.0 Å². The molecule has 1 aromatic heterocycles. The van der Waals surface area contributed by atoms with Gasteiger partial charge in [-0.1, -0.05) is 6.92 Å². The second-order valence-electron chi connectivity index (χ2n) is 5.67. The number of hydrogen-bond donors (Lipinski definition) is 3. The highest BCUT2D eigenvalue weighted by Crippen LogP contribution is 2.29. The molecule has 1 aliphatic carbocycles. The minimum Gasteiger partial charge on any atom is -0.370 e. The Balaban J connectivity index is 0.00000288. The van der Waals surface area contributed by atoms with Gasteiger partial charge in [0.1, 0.15) is 5.82 Å². The van der Waals surface area contributed by atoms with Crippen molar-refractivity contribution in [2.45, 2.75) is 32.0 Å². The predicted octanol–water partition coefficient (Wildman–Crippen LogP) is 3.09. The van der Waals surface area contributed by atoms with E-state index < -0.39 is 11.7 Å². The number of hydrogen-bond acceptors (Lipinski definition) is 3. The Morgan fingerprint density at radius 2 is 2.04 bits per heavy atom. The predicted molar refractivity (Wildman–Crippen MR) is 99.8 cm³/mol. The Bertz CT molecular complexity index is 533. The highest BCUT2D eigenvalue weighted by Gasteiger charge is 2.33. The summed E-state index contributed by atoms with van der Waals surface area (Å²) in [5.41, 5.74) is -0.742. The van der Waals surface area contributed by atoms with Crippen LogP contribution in [0.5, 0.6) is 0 Å². The quantitative estimate of drug-likeness (QED) is 0.266. The Morgan fingerprint density at radius 3 is 2.54 bits per heavy atom. The number of aromatic nitrogens is 1. The molecule has 0 saturated heterocycles. The number of rotatable bonds is 6. The van der Waals surface area contributed by atoms with Gasteiger partial charge >= 0.3 is 6.18 Å². The van der Waals surface area contributed by atoms with Gasteiger partial charge in [0.25, 0.3) is 0 Å². The van der Waals surface area contributed by atoms with E-state index in [0.29, 0.717) is 30.9 Å². The number of nitrogens with one attached hydrogen (secondary N) is 3. The average Bonchev–Trinajstić information content (AvgIpc) is 3.20. The number of guanidine groups is 1. The Labute approximate surface area is 156 Å². The molecule has 0 radical (unpaired) electrons. The highest BCUT2D eigenvalue weighted by atomic mass is 127. The fourth-order valence-electron chi connectivity index (χ4n) is 2.07. The van der Waals surface area contributed by atoms with Crippen LogP contribution in [0.2, 0.25) is 0 Å². The van der Waals surface area contributed by atoms with Crippen molar-refractivity contribution in [2.75, 3.05) is 25.5 Å². The lowest BCUT2D eigenvalue weighted by molar-refractivity contribution is -0.137. The summed E-state index contributed by atoms with van der Waals surface area (Å²) in [6, 6.07) is 2.87. The summed E-state index contributed by atoms with van der Waals surface area (Å²) >= 11 is 0. The molecule has 1 aliphatic rings. The van der Waals surface area contributed by atoms with Crippen LogP contribution in [0.25, 0.3) is 0 Å². The Hall–Kier alpha value is -1.26. The molecular weight excluding hydrogens is 434 g/mol. The van der Waals surface area contributed by atoms with Gasteiger partial charge in [-0.25, -0.2) is 4.98 Å². The standard InChI is InChI=1S/C15H22F3N5.HI/c1-10-8-12(10)23-14(19-2)21-7-3-6-20-13-5-4-11(9-22-13)15(16,17)18;/h4-5,9-10,12H,3,6-8H2,1-2H3,(H,20,22)(H2,19,21,23);1H. The third kappa shape index (κ3) is 6.70. The van der Waals surface area contributed by atoms with E-state index in [2.05, 4.69) is 32.9 Å². The van der Waals surface area contributed by atoms with Crippen molar-refractivity contribution in [3.8, 4) is 0 Å². The van der Waals surface area contributed by atoms with E-state index in [4.69, 9.17) is 0 Å². The summed E-state index contributed by atoms with van der Waals surface area (Å²) in [5.74, 6) is 1.92. The van der Waals surface area contributed by atoms with Gasteiger partial charge in [-0.2, -0.15) is 13.2 Å². The molecule has 2 rings (SSSR count). The molecule has 1 heterocycles. The zero-order valence-electron chi connectivity index (χ0n) is 13.7. The first-order chi connectivity index (χ1) is 10.9. The van der Waals surface area contributed by atoms with Crippen LogP contribution in [0.1, 0.15) is 25.3 Å². The van der Waals surface area contributed by atoms with Crippen LogP contribution in [0, 0.1) is 5.92 Å². The molecule has 0 aromatic carbocycles. The van der Waals surface area contributed by atoms with Crippen LogP contribution in [0.15, 0.2) is 23.3 Å². The van der Waals surface area contributed by atoms with E-state index in [-0.39, 0.29) is 24.0 Å². The third-order valence-corrected chi connectivity index (χ3v) is 3.70. The lowest BCUT2D eigenvalue weighted by Crippen LogP contribution is -2.39. The zero-order valence-corrected chi connectivity index (χ0v) is 16.0. The summed E-state index contributed by atoms with van der Waals surface area (Å²) in [4.78, 5) is 7.91. The topological polar surface area (TPSA) is 61.3 Å². The monoisotopic (exact) mass is 457 g/mol. The molecule has 1 fully saturated rings. The summed E-state index contributed by atoms with van der Waals surface area (Å²) in [7, 11) is 1.73. The molecule has 1 aromatic rings. The Kier molecular flexibility index (Phi) is 8.04. The van der Waals surface area contributed by atoms with Crippen LogP contribution < -0.4 is 16.0 Å². The molecule has 3 N–H and O–H groups in total. The highest BCUT2D eigenvalue weighted by molar-refractivity contribution is 14.0. The van der Waals surface area contributed by atoms with Crippen molar-refractivity contribution in [3.05, 3.63) is 23.9 Å². The number of aliphatic imine (C=N–C) groups is 1. The first-order valence-corrected chi connectivity index (χ1v) is 7.64. The first kappa shape index (κ1) is 20.8. The molecule has 0 amide bonds. The van der Waals surface area contributed by atoms with E-state index in [9.17, 15) is 13.2 Å². The molecule has 0 bridgehead atoms. The summed E-state index contributed by atoms with van der Waals surface area (Å²) in [6.07, 6.45) is -1.55. The van der Waals surface area contributed by atoms with Crippen LogP contribution in [0.3, 0.4) is 0 Å². The normalized spacial score (nSPS) is 20.1. The molecule has 1 saturated carbocycles. The fourth-order valence-corrected chi connectivity index (χ4v) is 2.07. The van der Waals surface area contributed by atoms with Crippen LogP contribution >= 0.6 is 24.0 Å². The second-order valence-corrected chi connectivity index (χ2v) is 5.67. The SMILES string of the molecule is CN=C(NCCCNc1ccc(C(F)(F)F)cn1)NC1CC1C.I. The van der Waals surface area contributed by atoms with Crippen LogP contribution in [0.4, 0.5) is 19.0 Å². The second kappa shape index (κ2) is 9.28. The van der Waals surface area contributed by atoms with Crippen molar-refractivity contribution in [2.24, 2.45) is 10.9 Å². The first-order valence-electron chi connectivity index (χ1n) is 7.64. The average molecular weight is 457 g/mol. The molecule has 0 aliphatic heterocycles. The van der Waals surface area contributed by atoms with Gasteiger partial charge in [-0.05, 0) is 30.9 Å². The molecule has 0 spiro atoms. The third-order valence-electron chi connectivity index (χ3n) is 3.70. The molecule has 2 atom stereocenters. The number of nitrogens with zero attached hydrogens (tertiary/aromatic N) is 2. The van der Waals surface area contributed by atoms with Crippen LogP contribution in [-0.4, -0.2) is 37.1 Å². The largest absolute Gasteiger partial charge is 0.417 e. The molecule has 9 heteroatoms. The van der Waals surface area contributed by atoms with Gasteiger partial charge in [0.05, 0.1) is 5.56 Å². The van der Waals surface area contributed by atoms with E-state index in [1.807, 2.05) is 0 Å². The molecule has 24 heavy (non-hydrogen) atoms. The van der Waals surface area contributed by atoms with Crippen molar-refractivity contribution >= 4 is 35.8 Å². The molecule has 5 nitrogen and oxygen atoms in total. The van der Waals surface area contributed by atoms with Crippen molar-refractivity contribution in [1.29, 1.82) is 0 Å². The molecule has 2 unspecified atom stereocenters.